The molecule has 2 rings (SSSR count). The molecule has 0 spiro atoms. The molecule has 0 radical (unpaired) electrons. The quantitative estimate of drug-likeness (QED) is 0.921. The molecule has 2 aromatic rings. The van der Waals surface area contributed by atoms with Crippen LogP contribution in [0.4, 0.5) is 5.69 Å². The molecule has 0 atom stereocenters. The highest BCUT2D eigenvalue weighted by Crippen LogP contribution is 2.14. The number of aryl methyl sites for hydroxylation is 2. The topological polar surface area (TPSA) is 49.4 Å². The summed E-state index contributed by atoms with van der Waals surface area (Å²) in [7, 11) is 3.50. The lowest BCUT2D eigenvalue weighted by Gasteiger charge is -2.11. The van der Waals surface area contributed by atoms with E-state index in [2.05, 4.69) is 5.32 Å². The molecule has 0 heterocycles. The van der Waals surface area contributed by atoms with Gasteiger partial charge in [-0.15, -0.1) is 0 Å². The first-order valence-corrected chi connectivity index (χ1v) is 7.63. The predicted octanol–water partition coefficient (Wildman–Crippen LogP) is 3.27. The molecule has 0 unspecified atom stereocenters. The second-order valence-electron chi connectivity index (χ2n) is 5.81. The van der Waals surface area contributed by atoms with Crippen LogP contribution in [-0.4, -0.2) is 30.8 Å². The van der Waals surface area contributed by atoms with Crippen LogP contribution in [0.25, 0.3) is 0 Å². The Hall–Kier alpha value is -2.62. The van der Waals surface area contributed by atoms with Gasteiger partial charge in [0.05, 0.1) is 0 Å². The maximum Gasteiger partial charge on any atom is 0.255 e. The highest BCUT2D eigenvalue weighted by atomic mass is 16.2. The Balaban J connectivity index is 2.00. The van der Waals surface area contributed by atoms with Crippen LogP contribution in [0.2, 0.25) is 0 Å². The molecule has 0 aliphatic heterocycles. The van der Waals surface area contributed by atoms with Crippen molar-refractivity contribution in [1.29, 1.82) is 0 Å². The second kappa shape index (κ2) is 7.58. The summed E-state index contributed by atoms with van der Waals surface area (Å²) >= 11 is 0. The number of nitrogens with zero attached hydrogens (tertiary/aromatic N) is 1. The Kier molecular flexibility index (Phi) is 5.52. The zero-order valence-corrected chi connectivity index (χ0v) is 13.8. The molecule has 2 aromatic carbocycles. The van der Waals surface area contributed by atoms with Gasteiger partial charge in [0.1, 0.15) is 0 Å². The maximum atomic E-state index is 12.2. The number of hydrogen-bond donors (Lipinski definition) is 1. The highest BCUT2D eigenvalue weighted by Gasteiger charge is 2.07. The van der Waals surface area contributed by atoms with Crippen LogP contribution in [0.5, 0.6) is 0 Å². The molecular weight excluding hydrogens is 288 g/mol. The van der Waals surface area contributed by atoms with Gasteiger partial charge in [-0.25, -0.2) is 0 Å². The van der Waals surface area contributed by atoms with E-state index in [1.165, 1.54) is 0 Å². The lowest BCUT2D eigenvalue weighted by Crippen LogP contribution is -2.21. The summed E-state index contributed by atoms with van der Waals surface area (Å²) in [5, 5.41) is 2.89. The minimum Gasteiger partial charge on any atom is -0.349 e. The Morgan fingerprint density at radius 2 is 1.74 bits per heavy atom. The molecule has 0 aromatic heterocycles. The van der Waals surface area contributed by atoms with Crippen molar-refractivity contribution in [3.8, 4) is 0 Å². The molecule has 4 nitrogen and oxygen atoms in total. The van der Waals surface area contributed by atoms with Crippen molar-refractivity contribution in [2.24, 2.45) is 0 Å². The number of benzene rings is 2. The van der Waals surface area contributed by atoms with Gasteiger partial charge in [-0.05, 0) is 43.2 Å². The molecule has 0 aliphatic carbocycles. The van der Waals surface area contributed by atoms with E-state index in [-0.39, 0.29) is 11.8 Å². The van der Waals surface area contributed by atoms with Gasteiger partial charge in [-0.3, -0.25) is 9.59 Å². The van der Waals surface area contributed by atoms with Crippen molar-refractivity contribution in [1.82, 2.24) is 4.90 Å². The predicted molar refractivity (Wildman–Crippen MR) is 92.6 cm³/mol. The Bertz CT molecular complexity index is 691. The summed E-state index contributed by atoms with van der Waals surface area (Å²) < 4.78 is 0. The molecule has 2 amide bonds. The summed E-state index contributed by atoms with van der Waals surface area (Å²) in [6, 6.07) is 15.1. The minimum absolute atomic E-state index is 0.0964. The molecule has 0 fully saturated rings. The standard InChI is InChI=1S/C19H22N2O2/c1-14-7-10-16(11-8-14)19(23)20-17-6-4-5-15(13-17)9-12-18(22)21(2)3/h4-8,10-11,13H,9,12H2,1-3H3,(H,20,23). The normalized spacial score (nSPS) is 10.2. The second-order valence-corrected chi connectivity index (χ2v) is 5.81. The van der Waals surface area contributed by atoms with Crippen LogP contribution in [-0.2, 0) is 11.2 Å². The Morgan fingerprint density at radius 1 is 1.04 bits per heavy atom. The number of carbonyl (C=O) groups excluding carboxylic acids is 2. The van der Waals surface area contributed by atoms with E-state index in [0.717, 1.165) is 16.8 Å². The number of amides is 2. The molecular formula is C19H22N2O2. The van der Waals surface area contributed by atoms with Crippen LogP contribution in [0.3, 0.4) is 0 Å². The first-order chi connectivity index (χ1) is 11.0. The summed E-state index contributed by atoms with van der Waals surface area (Å²) in [5.74, 6) is -0.0365. The molecule has 23 heavy (non-hydrogen) atoms. The zero-order valence-electron chi connectivity index (χ0n) is 13.8. The fourth-order valence-electron chi connectivity index (χ4n) is 2.19. The highest BCUT2D eigenvalue weighted by molar-refractivity contribution is 6.04. The van der Waals surface area contributed by atoms with E-state index in [0.29, 0.717) is 18.4 Å². The lowest BCUT2D eigenvalue weighted by atomic mass is 10.1. The third-order valence-corrected chi connectivity index (χ3v) is 3.62. The van der Waals surface area contributed by atoms with Gasteiger partial charge >= 0.3 is 0 Å². The van der Waals surface area contributed by atoms with Gasteiger partial charge in [0.15, 0.2) is 0 Å². The number of rotatable bonds is 5. The fraction of sp³-hybridized carbons (Fsp3) is 0.263. The van der Waals surface area contributed by atoms with Crippen LogP contribution in [0.1, 0.15) is 27.9 Å². The fourth-order valence-corrected chi connectivity index (χ4v) is 2.19. The Morgan fingerprint density at radius 3 is 2.39 bits per heavy atom. The number of nitrogens with one attached hydrogen (secondary N) is 1. The molecule has 0 saturated carbocycles. The third-order valence-electron chi connectivity index (χ3n) is 3.62. The summed E-state index contributed by atoms with van der Waals surface area (Å²) in [5.41, 5.74) is 3.52. The van der Waals surface area contributed by atoms with Gasteiger partial charge in [0.2, 0.25) is 5.91 Å². The van der Waals surface area contributed by atoms with Crippen molar-refractivity contribution >= 4 is 17.5 Å². The number of carbonyl (C=O) groups is 2. The van der Waals surface area contributed by atoms with Crippen molar-refractivity contribution in [2.75, 3.05) is 19.4 Å². The monoisotopic (exact) mass is 310 g/mol. The van der Waals surface area contributed by atoms with Gasteiger partial charge in [0, 0.05) is 31.8 Å². The molecule has 120 valence electrons. The number of anilines is 1. The van der Waals surface area contributed by atoms with Crippen molar-refractivity contribution in [2.45, 2.75) is 19.8 Å². The maximum absolute atomic E-state index is 12.2. The molecule has 0 bridgehead atoms. The SMILES string of the molecule is Cc1ccc(C(=O)Nc2cccc(CCC(=O)N(C)C)c2)cc1. The molecule has 4 heteroatoms. The van der Waals surface area contributed by atoms with E-state index in [4.69, 9.17) is 0 Å². The summed E-state index contributed by atoms with van der Waals surface area (Å²) in [4.78, 5) is 25.5. The molecule has 0 aliphatic rings. The van der Waals surface area contributed by atoms with Gasteiger partial charge in [-0.1, -0.05) is 29.8 Å². The molecule has 1 N–H and O–H groups in total. The van der Waals surface area contributed by atoms with E-state index in [1.807, 2.05) is 55.5 Å². The van der Waals surface area contributed by atoms with Crippen LogP contribution in [0.15, 0.2) is 48.5 Å². The van der Waals surface area contributed by atoms with E-state index in [1.54, 1.807) is 19.0 Å². The van der Waals surface area contributed by atoms with E-state index >= 15 is 0 Å². The first-order valence-electron chi connectivity index (χ1n) is 7.63. The van der Waals surface area contributed by atoms with E-state index < -0.39 is 0 Å². The average molecular weight is 310 g/mol. The van der Waals surface area contributed by atoms with Crippen molar-refractivity contribution < 1.29 is 9.59 Å². The lowest BCUT2D eigenvalue weighted by molar-refractivity contribution is -0.128. The summed E-state index contributed by atoms with van der Waals surface area (Å²) in [6.07, 6.45) is 1.12. The van der Waals surface area contributed by atoms with Gasteiger partial charge in [0.25, 0.3) is 5.91 Å². The van der Waals surface area contributed by atoms with E-state index in [9.17, 15) is 9.59 Å². The first kappa shape index (κ1) is 16.7. The smallest absolute Gasteiger partial charge is 0.255 e. The number of hydrogen-bond acceptors (Lipinski definition) is 2. The zero-order chi connectivity index (χ0) is 16.8. The van der Waals surface area contributed by atoms with Crippen LogP contribution >= 0.6 is 0 Å². The third kappa shape index (κ3) is 4.95. The van der Waals surface area contributed by atoms with Crippen molar-refractivity contribution in [3.05, 3.63) is 65.2 Å². The van der Waals surface area contributed by atoms with Gasteiger partial charge in [-0.2, -0.15) is 0 Å². The van der Waals surface area contributed by atoms with Gasteiger partial charge < -0.3 is 10.2 Å². The average Bonchev–Trinajstić information content (AvgIpc) is 2.53. The van der Waals surface area contributed by atoms with Crippen LogP contribution < -0.4 is 5.32 Å². The molecule has 0 saturated heterocycles. The van der Waals surface area contributed by atoms with Crippen LogP contribution in [0, 0.1) is 6.92 Å². The Labute approximate surface area is 137 Å². The minimum atomic E-state index is -0.133. The summed E-state index contributed by atoms with van der Waals surface area (Å²) in [6.45, 7) is 1.99. The van der Waals surface area contributed by atoms with Crippen molar-refractivity contribution in [3.63, 3.8) is 0 Å². The largest absolute Gasteiger partial charge is 0.349 e.